The summed E-state index contributed by atoms with van der Waals surface area (Å²) >= 11 is 0. The van der Waals surface area contributed by atoms with Gasteiger partial charge in [0, 0.05) is 24.8 Å². The Morgan fingerprint density at radius 2 is 1.54 bits per heavy atom. The van der Waals surface area contributed by atoms with Gasteiger partial charge in [-0.15, -0.1) is 0 Å². The van der Waals surface area contributed by atoms with Crippen molar-refractivity contribution < 1.29 is 30.0 Å². The number of alkyl halides is 3. The van der Waals surface area contributed by atoms with E-state index < -0.39 is 30.3 Å². The fourth-order valence-corrected chi connectivity index (χ4v) is 4.07. The Morgan fingerprint density at radius 1 is 1.04 bits per heavy atom. The SMILES string of the molecule is CS(=O)(=O)N1CCC(Nc2ccc(S(=O)(=O)C(F)(F)F)cc2)CC1. The van der Waals surface area contributed by atoms with E-state index in [1.165, 1.54) is 16.4 Å². The molecule has 6 nitrogen and oxygen atoms in total. The monoisotopic (exact) mass is 386 g/mol. The average molecular weight is 386 g/mol. The molecular weight excluding hydrogens is 369 g/mol. The molecule has 1 heterocycles. The summed E-state index contributed by atoms with van der Waals surface area (Å²) in [5, 5.41) is 3.07. The molecule has 0 radical (unpaired) electrons. The van der Waals surface area contributed by atoms with E-state index >= 15 is 0 Å². The van der Waals surface area contributed by atoms with Gasteiger partial charge in [-0.05, 0) is 37.1 Å². The third-order valence-corrected chi connectivity index (χ3v) is 6.57. The van der Waals surface area contributed by atoms with Crippen molar-refractivity contribution in [2.24, 2.45) is 0 Å². The van der Waals surface area contributed by atoms with E-state index in [4.69, 9.17) is 0 Å². The summed E-state index contributed by atoms with van der Waals surface area (Å²) in [6.45, 7) is 0.716. The van der Waals surface area contributed by atoms with Gasteiger partial charge in [0.05, 0.1) is 11.2 Å². The van der Waals surface area contributed by atoms with Crippen molar-refractivity contribution in [3.05, 3.63) is 24.3 Å². The van der Waals surface area contributed by atoms with Gasteiger partial charge >= 0.3 is 5.51 Å². The van der Waals surface area contributed by atoms with Crippen LogP contribution in [-0.4, -0.2) is 52.0 Å². The summed E-state index contributed by atoms with van der Waals surface area (Å²) in [5.74, 6) is 0. The molecule has 0 unspecified atom stereocenters. The number of anilines is 1. The van der Waals surface area contributed by atoms with Crippen molar-refractivity contribution in [3.63, 3.8) is 0 Å². The van der Waals surface area contributed by atoms with Gasteiger partial charge in [0.25, 0.3) is 9.84 Å². The Kier molecular flexibility index (Phi) is 5.17. The molecule has 0 spiro atoms. The molecule has 1 saturated heterocycles. The first-order valence-corrected chi connectivity index (χ1v) is 10.4. The molecule has 1 N–H and O–H groups in total. The zero-order valence-electron chi connectivity index (χ0n) is 12.7. The number of hydrogen-bond acceptors (Lipinski definition) is 5. The third kappa shape index (κ3) is 4.19. The molecule has 11 heteroatoms. The highest BCUT2D eigenvalue weighted by atomic mass is 32.2. The molecule has 24 heavy (non-hydrogen) atoms. The number of hydrogen-bond donors (Lipinski definition) is 1. The van der Waals surface area contributed by atoms with Gasteiger partial charge in [-0.3, -0.25) is 0 Å². The van der Waals surface area contributed by atoms with Crippen LogP contribution in [0.1, 0.15) is 12.8 Å². The molecule has 1 aliphatic heterocycles. The van der Waals surface area contributed by atoms with Gasteiger partial charge in [-0.1, -0.05) is 0 Å². The van der Waals surface area contributed by atoms with E-state index in [9.17, 15) is 30.0 Å². The van der Waals surface area contributed by atoms with Gasteiger partial charge in [0.1, 0.15) is 0 Å². The van der Waals surface area contributed by atoms with E-state index in [1.54, 1.807) is 0 Å². The van der Waals surface area contributed by atoms with Gasteiger partial charge in [0.15, 0.2) is 0 Å². The van der Waals surface area contributed by atoms with Gasteiger partial charge in [-0.25, -0.2) is 21.1 Å². The van der Waals surface area contributed by atoms with E-state index in [1.807, 2.05) is 0 Å². The van der Waals surface area contributed by atoms with Gasteiger partial charge in [-0.2, -0.15) is 13.2 Å². The first-order chi connectivity index (χ1) is 10.9. The standard InChI is InChI=1S/C13H17F3N2O4S2/c1-23(19,20)18-8-6-11(7-9-18)17-10-2-4-12(5-3-10)24(21,22)13(14,15)16/h2-5,11,17H,6-9H2,1H3. The number of sulfone groups is 1. The topological polar surface area (TPSA) is 83.6 Å². The Balaban J connectivity index is 2.01. The molecule has 1 aromatic rings. The molecule has 0 atom stereocenters. The second kappa shape index (κ2) is 6.52. The van der Waals surface area contributed by atoms with Crippen LogP contribution in [0.4, 0.5) is 18.9 Å². The molecule has 0 saturated carbocycles. The average Bonchev–Trinajstić information content (AvgIpc) is 2.46. The fraction of sp³-hybridized carbons (Fsp3) is 0.538. The fourth-order valence-electron chi connectivity index (χ4n) is 2.43. The molecule has 1 aromatic carbocycles. The lowest BCUT2D eigenvalue weighted by molar-refractivity contribution is -0.0436. The number of benzene rings is 1. The van der Waals surface area contributed by atoms with Gasteiger partial charge in [0.2, 0.25) is 10.0 Å². The smallest absolute Gasteiger partial charge is 0.382 e. The zero-order valence-corrected chi connectivity index (χ0v) is 14.4. The number of nitrogens with one attached hydrogen (secondary N) is 1. The molecule has 1 fully saturated rings. The van der Waals surface area contributed by atoms with Crippen molar-refractivity contribution in [1.29, 1.82) is 0 Å². The summed E-state index contributed by atoms with van der Waals surface area (Å²) in [6.07, 6.45) is 2.24. The minimum Gasteiger partial charge on any atom is -0.382 e. The van der Waals surface area contributed by atoms with Crippen molar-refractivity contribution >= 4 is 25.5 Å². The van der Waals surface area contributed by atoms with E-state index in [-0.39, 0.29) is 6.04 Å². The Bertz CT molecular complexity index is 782. The number of nitrogens with zero attached hydrogens (tertiary/aromatic N) is 1. The third-order valence-electron chi connectivity index (χ3n) is 3.76. The minimum absolute atomic E-state index is 0.0342. The highest BCUT2D eigenvalue weighted by Crippen LogP contribution is 2.31. The van der Waals surface area contributed by atoms with E-state index in [0.29, 0.717) is 31.6 Å². The quantitative estimate of drug-likeness (QED) is 0.853. The normalized spacial score (nSPS) is 18.5. The second-order valence-electron chi connectivity index (χ2n) is 5.55. The van der Waals surface area contributed by atoms with Crippen LogP contribution in [0.2, 0.25) is 0 Å². The Hall–Kier alpha value is -1.33. The maximum Gasteiger partial charge on any atom is 0.501 e. The van der Waals surface area contributed by atoms with Crippen LogP contribution in [0, 0.1) is 0 Å². The number of piperidine rings is 1. The molecule has 0 amide bonds. The van der Waals surface area contributed by atoms with Crippen LogP contribution in [-0.2, 0) is 19.9 Å². The van der Waals surface area contributed by atoms with Crippen LogP contribution in [0.25, 0.3) is 0 Å². The molecular formula is C13H17F3N2O4S2. The van der Waals surface area contributed by atoms with E-state index in [0.717, 1.165) is 18.4 Å². The van der Waals surface area contributed by atoms with Crippen molar-refractivity contribution in [2.45, 2.75) is 29.3 Å². The van der Waals surface area contributed by atoms with Crippen LogP contribution < -0.4 is 5.32 Å². The summed E-state index contributed by atoms with van der Waals surface area (Å²) in [4.78, 5) is -0.813. The minimum atomic E-state index is -5.35. The summed E-state index contributed by atoms with van der Waals surface area (Å²) in [5.41, 5.74) is -4.85. The number of rotatable bonds is 4. The maximum absolute atomic E-state index is 12.5. The number of sulfonamides is 1. The van der Waals surface area contributed by atoms with Crippen molar-refractivity contribution in [2.75, 3.05) is 24.7 Å². The predicted molar refractivity (Wildman–Crippen MR) is 82.7 cm³/mol. The maximum atomic E-state index is 12.5. The second-order valence-corrected chi connectivity index (χ2v) is 9.48. The number of halogens is 3. The largest absolute Gasteiger partial charge is 0.501 e. The highest BCUT2D eigenvalue weighted by molar-refractivity contribution is 7.92. The lowest BCUT2D eigenvalue weighted by atomic mass is 10.1. The highest BCUT2D eigenvalue weighted by Gasteiger charge is 2.46. The van der Waals surface area contributed by atoms with Crippen LogP contribution in [0.15, 0.2) is 29.2 Å². The van der Waals surface area contributed by atoms with Crippen molar-refractivity contribution in [3.8, 4) is 0 Å². The predicted octanol–water partition coefficient (Wildman–Crippen LogP) is 1.82. The first-order valence-electron chi connectivity index (χ1n) is 7.04. The van der Waals surface area contributed by atoms with Gasteiger partial charge < -0.3 is 5.32 Å². The van der Waals surface area contributed by atoms with Crippen LogP contribution in [0.5, 0.6) is 0 Å². The molecule has 1 aliphatic rings. The lowest BCUT2D eigenvalue weighted by Gasteiger charge is -2.31. The van der Waals surface area contributed by atoms with Crippen molar-refractivity contribution in [1.82, 2.24) is 4.31 Å². The lowest BCUT2D eigenvalue weighted by Crippen LogP contribution is -2.41. The molecule has 0 bridgehead atoms. The summed E-state index contributed by atoms with van der Waals surface area (Å²) < 4.78 is 84.2. The first kappa shape index (κ1) is 19.0. The summed E-state index contributed by atoms with van der Waals surface area (Å²) in [7, 11) is -8.58. The zero-order chi connectivity index (χ0) is 18.2. The molecule has 2 rings (SSSR count). The van der Waals surface area contributed by atoms with Crippen LogP contribution >= 0.6 is 0 Å². The summed E-state index contributed by atoms with van der Waals surface area (Å²) in [6, 6.07) is 4.30. The molecule has 0 aromatic heterocycles. The molecule has 136 valence electrons. The molecule has 0 aliphatic carbocycles. The Labute approximate surface area is 138 Å². The van der Waals surface area contributed by atoms with Crippen LogP contribution in [0.3, 0.4) is 0 Å². The Morgan fingerprint density at radius 3 is 1.96 bits per heavy atom. The van der Waals surface area contributed by atoms with E-state index in [2.05, 4.69) is 5.32 Å².